The summed E-state index contributed by atoms with van der Waals surface area (Å²) >= 11 is 0.632. The fourth-order valence-electron chi connectivity index (χ4n) is 1.93. The molecular formula is C9H12F3N3OS. The van der Waals surface area contributed by atoms with Crippen LogP contribution in [-0.4, -0.2) is 22.0 Å². The van der Waals surface area contributed by atoms with Crippen LogP contribution < -0.4 is 10.5 Å². The third kappa shape index (κ3) is 2.86. The van der Waals surface area contributed by atoms with E-state index in [1.54, 1.807) is 0 Å². The third-order valence-electron chi connectivity index (χ3n) is 2.81. The van der Waals surface area contributed by atoms with Crippen LogP contribution in [-0.2, 0) is 6.18 Å². The molecular weight excluding hydrogens is 255 g/mol. The highest BCUT2D eigenvalue weighted by Gasteiger charge is 2.37. The van der Waals surface area contributed by atoms with Gasteiger partial charge in [0.25, 0.3) is 11.0 Å². The van der Waals surface area contributed by atoms with Crippen molar-refractivity contribution in [2.24, 2.45) is 11.7 Å². The summed E-state index contributed by atoms with van der Waals surface area (Å²) in [5.41, 5.74) is 5.56. The van der Waals surface area contributed by atoms with E-state index in [1.807, 2.05) is 0 Å². The zero-order chi connectivity index (χ0) is 12.5. The minimum Gasteiger partial charge on any atom is -0.465 e. The van der Waals surface area contributed by atoms with Crippen LogP contribution in [0, 0.1) is 5.92 Å². The number of ether oxygens (including phenoxy) is 1. The molecule has 0 saturated heterocycles. The van der Waals surface area contributed by atoms with Crippen LogP contribution in [0.4, 0.5) is 13.2 Å². The van der Waals surface area contributed by atoms with E-state index in [1.165, 1.54) is 0 Å². The van der Waals surface area contributed by atoms with E-state index in [9.17, 15) is 13.2 Å². The van der Waals surface area contributed by atoms with Crippen molar-refractivity contribution >= 4 is 11.5 Å². The summed E-state index contributed by atoms with van der Waals surface area (Å²) in [5, 5.41) is -0.0253. The first-order valence-corrected chi connectivity index (χ1v) is 6.05. The molecule has 0 aromatic carbocycles. The van der Waals surface area contributed by atoms with Crippen LogP contribution >= 0.6 is 11.5 Å². The molecule has 0 bridgehead atoms. The lowest BCUT2D eigenvalue weighted by Gasteiger charge is -2.17. The monoisotopic (exact) mass is 267 g/mol. The Hall–Kier alpha value is -0.890. The van der Waals surface area contributed by atoms with Gasteiger partial charge in [-0.1, -0.05) is 0 Å². The van der Waals surface area contributed by atoms with Crippen LogP contribution in [0.2, 0.25) is 0 Å². The summed E-state index contributed by atoms with van der Waals surface area (Å²) in [5.74, 6) is -0.937. The van der Waals surface area contributed by atoms with Crippen LogP contribution in [0.5, 0.6) is 5.19 Å². The minimum atomic E-state index is -4.51. The molecule has 1 aromatic rings. The van der Waals surface area contributed by atoms with E-state index in [0.29, 0.717) is 18.1 Å². The molecule has 1 fully saturated rings. The second kappa shape index (κ2) is 4.77. The first kappa shape index (κ1) is 12.6. The molecule has 2 rings (SSSR count). The van der Waals surface area contributed by atoms with Gasteiger partial charge in [-0.2, -0.15) is 22.5 Å². The average Bonchev–Trinajstić information content (AvgIpc) is 2.86. The minimum absolute atomic E-state index is 0.0253. The number of alkyl halides is 3. The van der Waals surface area contributed by atoms with Crippen molar-refractivity contribution in [1.29, 1.82) is 0 Å². The van der Waals surface area contributed by atoms with Gasteiger partial charge in [-0.25, -0.2) is 0 Å². The highest BCUT2D eigenvalue weighted by Crippen LogP contribution is 2.33. The predicted molar refractivity (Wildman–Crippen MR) is 55.7 cm³/mol. The lowest BCUT2D eigenvalue weighted by molar-refractivity contribution is -0.144. The highest BCUT2D eigenvalue weighted by atomic mass is 32.1. The van der Waals surface area contributed by atoms with Crippen LogP contribution in [0.15, 0.2) is 0 Å². The van der Waals surface area contributed by atoms with Crippen molar-refractivity contribution in [2.75, 3.05) is 6.54 Å². The zero-order valence-corrected chi connectivity index (χ0v) is 9.72. The molecule has 1 aliphatic rings. The maximum Gasteiger partial charge on any atom is 0.452 e. The Morgan fingerprint density at radius 1 is 1.41 bits per heavy atom. The van der Waals surface area contributed by atoms with Crippen molar-refractivity contribution < 1.29 is 17.9 Å². The maximum absolute atomic E-state index is 12.3. The second-order valence-electron chi connectivity index (χ2n) is 3.96. The number of hydrogen-bond acceptors (Lipinski definition) is 5. The zero-order valence-electron chi connectivity index (χ0n) is 8.91. The Morgan fingerprint density at radius 3 is 2.76 bits per heavy atom. The largest absolute Gasteiger partial charge is 0.465 e. The van der Waals surface area contributed by atoms with Crippen LogP contribution in [0.3, 0.4) is 0 Å². The van der Waals surface area contributed by atoms with Crippen molar-refractivity contribution in [1.82, 2.24) is 9.36 Å². The Bertz CT molecular complexity index is 382. The van der Waals surface area contributed by atoms with Crippen molar-refractivity contribution in [3.05, 3.63) is 5.82 Å². The molecule has 1 aliphatic carbocycles. The van der Waals surface area contributed by atoms with Gasteiger partial charge in [-0.15, -0.1) is 0 Å². The first-order valence-electron chi connectivity index (χ1n) is 5.28. The lowest BCUT2D eigenvalue weighted by Crippen LogP contribution is -2.27. The molecule has 1 heterocycles. The molecule has 1 saturated carbocycles. The van der Waals surface area contributed by atoms with Crippen molar-refractivity contribution in [3.8, 4) is 5.19 Å². The Labute approximate surface area is 100 Å². The van der Waals surface area contributed by atoms with E-state index in [2.05, 4.69) is 9.36 Å². The summed E-state index contributed by atoms with van der Waals surface area (Å²) in [6.07, 6.45) is -1.90. The Morgan fingerprint density at radius 2 is 2.18 bits per heavy atom. The molecule has 0 radical (unpaired) electrons. The van der Waals surface area contributed by atoms with E-state index >= 15 is 0 Å². The predicted octanol–water partition coefficient (Wildman–Crippen LogP) is 2.06. The molecule has 2 N–H and O–H groups in total. The summed E-state index contributed by atoms with van der Waals surface area (Å²) in [6, 6.07) is 0. The molecule has 2 unspecified atom stereocenters. The van der Waals surface area contributed by atoms with Gasteiger partial charge in [0.15, 0.2) is 0 Å². The van der Waals surface area contributed by atoms with E-state index < -0.39 is 12.0 Å². The lowest BCUT2D eigenvalue weighted by atomic mass is 10.1. The van der Waals surface area contributed by atoms with Gasteiger partial charge in [-0.05, 0) is 25.8 Å². The van der Waals surface area contributed by atoms with Crippen LogP contribution in [0.1, 0.15) is 25.1 Å². The normalized spacial score (nSPS) is 25.2. The fraction of sp³-hybridized carbons (Fsp3) is 0.778. The van der Waals surface area contributed by atoms with E-state index in [4.69, 9.17) is 10.5 Å². The third-order valence-corrected chi connectivity index (χ3v) is 3.41. The van der Waals surface area contributed by atoms with Gasteiger partial charge in [0.1, 0.15) is 6.10 Å². The number of rotatable bonds is 3. The number of nitrogens with two attached hydrogens (primary N) is 1. The Kier molecular flexibility index (Phi) is 3.53. The van der Waals surface area contributed by atoms with Crippen molar-refractivity contribution in [2.45, 2.75) is 31.5 Å². The smallest absolute Gasteiger partial charge is 0.452 e. The number of hydrogen-bond donors (Lipinski definition) is 1. The molecule has 0 spiro atoms. The molecule has 0 amide bonds. The quantitative estimate of drug-likeness (QED) is 0.910. The summed E-state index contributed by atoms with van der Waals surface area (Å²) in [6.45, 7) is 0.482. The van der Waals surface area contributed by atoms with Gasteiger partial charge in [0.2, 0.25) is 0 Å². The summed E-state index contributed by atoms with van der Waals surface area (Å²) in [4.78, 5) is 3.33. The number of nitrogens with zero attached hydrogens (tertiary/aromatic N) is 2. The molecule has 0 aliphatic heterocycles. The topological polar surface area (TPSA) is 61.0 Å². The SMILES string of the molecule is NCC1CCCC1Oc1nc(C(F)(F)F)ns1. The molecule has 2 atom stereocenters. The molecule has 8 heteroatoms. The van der Waals surface area contributed by atoms with E-state index in [0.717, 1.165) is 19.3 Å². The second-order valence-corrected chi connectivity index (χ2v) is 4.68. The molecule has 17 heavy (non-hydrogen) atoms. The van der Waals surface area contributed by atoms with Crippen LogP contribution in [0.25, 0.3) is 0 Å². The van der Waals surface area contributed by atoms with Gasteiger partial charge in [0.05, 0.1) is 0 Å². The summed E-state index contributed by atoms with van der Waals surface area (Å²) in [7, 11) is 0. The summed E-state index contributed by atoms with van der Waals surface area (Å²) < 4.78 is 45.4. The first-order chi connectivity index (χ1) is 8.00. The molecule has 4 nitrogen and oxygen atoms in total. The fourth-order valence-corrected chi connectivity index (χ4v) is 2.53. The average molecular weight is 267 g/mol. The van der Waals surface area contributed by atoms with Gasteiger partial charge in [-0.3, -0.25) is 0 Å². The number of halogens is 3. The van der Waals surface area contributed by atoms with Gasteiger partial charge in [0, 0.05) is 17.5 Å². The van der Waals surface area contributed by atoms with E-state index in [-0.39, 0.29) is 17.2 Å². The molecule has 96 valence electrons. The highest BCUT2D eigenvalue weighted by molar-refractivity contribution is 7.07. The standard InChI is InChI=1S/C9H12F3N3OS/c10-9(11,12)7-14-8(17-15-7)16-6-3-1-2-5(6)4-13/h5-6H,1-4,13H2. The Balaban J connectivity index is 2.02. The van der Waals surface area contributed by atoms with Gasteiger partial charge < -0.3 is 10.5 Å². The maximum atomic E-state index is 12.3. The number of aromatic nitrogens is 2. The van der Waals surface area contributed by atoms with Crippen molar-refractivity contribution in [3.63, 3.8) is 0 Å². The van der Waals surface area contributed by atoms with Gasteiger partial charge >= 0.3 is 6.18 Å². The molecule has 1 aromatic heterocycles.